The van der Waals surface area contributed by atoms with Crippen LogP contribution in [0.2, 0.25) is 0 Å². The quantitative estimate of drug-likeness (QED) is 0.342. The monoisotopic (exact) mass is 462 g/mol. The second-order valence-electron chi connectivity index (χ2n) is 9.95. The van der Waals surface area contributed by atoms with Crippen molar-refractivity contribution >= 4 is 45.0 Å². The maximum Gasteiger partial charge on any atom is 0.272 e. The van der Waals surface area contributed by atoms with Crippen molar-refractivity contribution < 1.29 is 9.59 Å². The molecule has 2 aromatic heterocycles. The lowest BCUT2D eigenvalue weighted by molar-refractivity contribution is 0.0948. The van der Waals surface area contributed by atoms with Gasteiger partial charge in [0.2, 0.25) is 0 Å². The van der Waals surface area contributed by atoms with E-state index >= 15 is 0 Å². The summed E-state index contributed by atoms with van der Waals surface area (Å²) in [5.41, 5.74) is 16.1. The normalized spacial score (nSPS) is 20.5. The van der Waals surface area contributed by atoms with Crippen molar-refractivity contribution in [1.82, 2.24) is 20.8 Å². The number of amides is 2. The van der Waals surface area contributed by atoms with E-state index in [4.69, 9.17) is 0 Å². The van der Waals surface area contributed by atoms with Crippen LogP contribution in [0.15, 0.2) is 40.5 Å². The lowest BCUT2D eigenvalue weighted by atomic mass is 9.78. The molecular weight excluding hydrogens is 440 g/mol. The van der Waals surface area contributed by atoms with E-state index in [2.05, 4.69) is 43.2 Å². The Balaban J connectivity index is 1.34. The molecule has 2 aliphatic heterocycles. The SMILES string of the molecule is O=C1NN=C2CC(c3ccc4[nH]c5c6c4c3C(=O)NN=C6CCCC5)Cc3[nH]c4cccc1c4c32. The molecule has 4 N–H and O–H groups in total. The Hall–Kier alpha value is -4.20. The van der Waals surface area contributed by atoms with Crippen LogP contribution in [0, 0.1) is 0 Å². The summed E-state index contributed by atoms with van der Waals surface area (Å²) >= 11 is 0. The van der Waals surface area contributed by atoms with Crippen LogP contribution in [-0.4, -0.2) is 33.2 Å². The highest BCUT2D eigenvalue weighted by molar-refractivity contribution is 6.22. The lowest BCUT2D eigenvalue weighted by Crippen LogP contribution is -2.25. The highest BCUT2D eigenvalue weighted by Gasteiger charge is 2.36. The summed E-state index contributed by atoms with van der Waals surface area (Å²) in [6, 6.07) is 9.93. The molecule has 35 heavy (non-hydrogen) atoms. The standard InChI is InChI=1S/C27H22N6O2/c34-26-14-4-3-7-15-21(14)24-19(29-15)10-12(11-20(24)31-32-26)13-8-9-17-25-22(13)27(35)33-30-18-6-2-1-5-16(28-17)23(18)25/h3-4,7-9,12,28-29H,1-2,5-6,10-11H2,(H,32,34)(H,33,35). The maximum absolute atomic E-state index is 13.5. The molecule has 4 heterocycles. The largest absolute Gasteiger partial charge is 0.358 e. The van der Waals surface area contributed by atoms with E-state index in [1.54, 1.807) is 0 Å². The molecule has 0 radical (unpaired) electrons. The summed E-state index contributed by atoms with van der Waals surface area (Å²) in [5.74, 6) is -0.312. The van der Waals surface area contributed by atoms with Gasteiger partial charge in [-0.1, -0.05) is 12.1 Å². The molecule has 1 atom stereocenters. The molecule has 2 aliphatic carbocycles. The predicted molar refractivity (Wildman–Crippen MR) is 133 cm³/mol. The molecule has 0 saturated heterocycles. The molecule has 8 rings (SSSR count). The molecule has 4 aromatic rings. The first-order chi connectivity index (χ1) is 17.2. The molecule has 4 aliphatic rings. The number of carbonyl (C=O) groups excluding carboxylic acids is 2. The van der Waals surface area contributed by atoms with Crippen LogP contribution in [-0.2, 0) is 12.8 Å². The third-order valence-electron chi connectivity index (χ3n) is 8.03. The number of aryl methyl sites for hydroxylation is 1. The van der Waals surface area contributed by atoms with Gasteiger partial charge in [-0.15, -0.1) is 0 Å². The first kappa shape index (κ1) is 19.1. The summed E-state index contributed by atoms with van der Waals surface area (Å²) < 4.78 is 0. The van der Waals surface area contributed by atoms with Crippen LogP contribution in [0.1, 0.15) is 80.4 Å². The van der Waals surface area contributed by atoms with E-state index in [1.165, 1.54) is 5.69 Å². The van der Waals surface area contributed by atoms with E-state index in [9.17, 15) is 9.59 Å². The van der Waals surface area contributed by atoms with Gasteiger partial charge in [0.25, 0.3) is 11.8 Å². The van der Waals surface area contributed by atoms with E-state index in [0.29, 0.717) is 17.5 Å². The molecular formula is C27H22N6O2. The molecule has 8 heteroatoms. The summed E-state index contributed by atoms with van der Waals surface area (Å²) in [4.78, 5) is 33.3. The fraction of sp³-hybridized carbons (Fsp3) is 0.259. The van der Waals surface area contributed by atoms with E-state index in [0.717, 1.165) is 87.7 Å². The fourth-order valence-corrected chi connectivity index (χ4v) is 6.57. The number of aromatic amines is 2. The predicted octanol–water partition coefficient (Wildman–Crippen LogP) is 4.00. The Morgan fingerprint density at radius 1 is 0.714 bits per heavy atom. The molecule has 0 saturated carbocycles. The number of H-pyrrole nitrogens is 2. The van der Waals surface area contributed by atoms with Gasteiger partial charge in [0, 0.05) is 44.3 Å². The number of aromatic nitrogens is 2. The van der Waals surface area contributed by atoms with Gasteiger partial charge < -0.3 is 9.97 Å². The number of benzene rings is 2. The molecule has 1 unspecified atom stereocenters. The van der Waals surface area contributed by atoms with Crippen LogP contribution in [0.3, 0.4) is 0 Å². The minimum atomic E-state index is -0.192. The maximum atomic E-state index is 13.5. The van der Waals surface area contributed by atoms with Gasteiger partial charge >= 0.3 is 0 Å². The van der Waals surface area contributed by atoms with Gasteiger partial charge in [0.1, 0.15) is 0 Å². The zero-order valence-corrected chi connectivity index (χ0v) is 18.9. The average molecular weight is 463 g/mol. The van der Waals surface area contributed by atoms with Gasteiger partial charge in [-0.25, -0.2) is 10.9 Å². The van der Waals surface area contributed by atoms with E-state index in [-0.39, 0.29) is 17.7 Å². The lowest BCUT2D eigenvalue weighted by Gasteiger charge is -2.25. The number of hydrogen-bond donors (Lipinski definition) is 4. The minimum Gasteiger partial charge on any atom is -0.358 e. The Morgan fingerprint density at radius 3 is 2.43 bits per heavy atom. The van der Waals surface area contributed by atoms with Crippen LogP contribution < -0.4 is 10.9 Å². The van der Waals surface area contributed by atoms with Gasteiger partial charge in [-0.3, -0.25) is 9.59 Å². The Morgan fingerprint density at radius 2 is 1.49 bits per heavy atom. The zero-order valence-electron chi connectivity index (χ0n) is 18.9. The number of hydrazone groups is 2. The molecule has 0 spiro atoms. The molecule has 2 amide bonds. The fourth-order valence-electron chi connectivity index (χ4n) is 6.57. The van der Waals surface area contributed by atoms with Crippen LogP contribution >= 0.6 is 0 Å². The molecule has 0 bridgehead atoms. The number of nitrogens with one attached hydrogen (secondary N) is 4. The summed E-state index contributed by atoms with van der Waals surface area (Å²) in [7, 11) is 0. The van der Waals surface area contributed by atoms with Crippen molar-refractivity contribution in [1.29, 1.82) is 0 Å². The highest BCUT2D eigenvalue weighted by atomic mass is 16.2. The molecule has 172 valence electrons. The van der Waals surface area contributed by atoms with Crippen molar-refractivity contribution in [2.24, 2.45) is 10.2 Å². The Bertz CT molecular complexity index is 1700. The van der Waals surface area contributed by atoms with Crippen molar-refractivity contribution in [3.8, 4) is 0 Å². The minimum absolute atomic E-state index is 0.0378. The van der Waals surface area contributed by atoms with Crippen molar-refractivity contribution in [2.45, 2.75) is 44.4 Å². The number of hydrogen-bond acceptors (Lipinski definition) is 4. The van der Waals surface area contributed by atoms with E-state index < -0.39 is 0 Å². The summed E-state index contributed by atoms with van der Waals surface area (Å²) in [5, 5.41) is 11.0. The third-order valence-corrected chi connectivity index (χ3v) is 8.03. The molecule has 0 fully saturated rings. The summed E-state index contributed by atoms with van der Waals surface area (Å²) in [6.07, 6.45) is 5.38. The number of carbonyl (C=O) groups is 2. The highest BCUT2D eigenvalue weighted by Crippen LogP contribution is 2.42. The third kappa shape index (κ3) is 2.51. The zero-order chi connectivity index (χ0) is 23.3. The van der Waals surface area contributed by atoms with Gasteiger partial charge in [0.05, 0.1) is 22.6 Å². The molecule has 8 nitrogen and oxygen atoms in total. The van der Waals surface area contributed by atoms with Crippen LogP contribution in [0.4, 0.5) is 0 Å². The van der Waals surface area contributed by atoms with Crippen molar-refractivity contribution in [3.05, 3.63) is 69.5 Å². The Kier molecular flexibility index (Phi) is 3.66. The average Bonchev–Trinajstić information content (AvgIpc) is 3.25. The van der Waals surface area contributed by atoms with Gasteiger partial charge in [-0.2, -0.15) is 10.2 Å². The van der Waals surface area contributed by atoms with Crippen molar-refractivity contribution in [3.63, 3.8) is 0 Å². The first-order valence-corrected chi connectivity index (χ1v) is 12.2. The first-order valence-electron chi connectivity index (χ1n) is 12.2. The smallest absolute Gasteiger partial charge is 0.272 e. The summed E-state index contributed by atoms with van der Waals surface area (Å²) in [6.45, 7) is 0. The van der Waals surface area contributed by atoms with Crippen LogP contribution in [0.25, 0.3) is 21.8 Å². The van der Waals surface area contributed by atoms with Gasteiger partial charge in [-0.05, 0) is 68.2 Å². The van der Waals surface area contributed by atoms with E-state index in [1.807, 2.05) is 18.2 Å². The second kappa shape index (κ2) is 6.69. The number of nitrogens with zero attached hydrogens (tertiary/aromatic N) is 2. The Labute approximate surface area is 199 Å². The van der Waals surface area contributed by atoms with Crippen molar-refractivity contribution in [2.75, 3.05) is 0 Å². The van der Waals surface area contributed by atoms with Gasteiger partial charge in [0.15, 0.2) is 0 Å². The second-order valence-corrected chi connectivity index (χ2v) is 9.95. The molecule has 2 aromatic carbocycles. The van der Waals surface area contributed by atoms with Crippen LogP contribution in [0.5, 0.6) is 0 Å². The topological polar surface area (TPSA) is 114 Å². The number of rotatable bonds is 1.